The summed E-state index contributed by atoms with van der Waals surface area (Å²) >= 11 is 1.92. The van der Waals surface area contributed by atoms with Gasteiger partial charge in [-0.15, -0.1) is 0 Å². The zero-order chi connectivity index (χ0) is 15.7. The number of hydrogen-bond acceptors (Lipinski definition) is 4. The third-order valence-electron chi connectivity index (χ3n) is 3.92. The van der Waals surface area contributed by atoms with Crippen molar-refractivity contribution < 1.29 is 4.79 Å². The summed E-state index contributed by atoms with van der Waals surface area (Å²) in [5.41, 5.74) is 2.41. The van der Waals surface area contributed by atoms with Crippen LogP contribution in [0.2, 0.25) is 0 Å². The number of nitrogens with zero attached hydrogens (tertiary/aromatic N) is 4. The number of pyridine rings is 1. The highest BCUT2D eigenvalue weighted by Gasteiger charge is 2.22. The van der Waals surface area contributed by atoms with Crippen molar-refractivity contribution in [2.45, 2.75) is 33.2 Å². The van der Waals surface area contributed by atoms with E-state index in [-0.39, 0.29) is 11.9 Å². The normalized spacial score (nSPS) is 16.3. The van der Waals surface area contributed by atoms with Crippen LogP contribution in [0, 0.1) is 6.92 Å². The molecule has 0 aliphatic carbocycles. The van der Waals surface area contributed by atoms with Crippen molar-refractivity contribution in [1.82, 2.24) is 19.7 Å². The zero-order valence-electron chi connectivity index (χ0n) is 13.4. The summed E-state index contributed by atoms with van der Waals surface area (Å²) in [6, 6.07) is 2.12. The molecule has 6 heteroatoms. The van der Waals surface area contributed by atoms with Crippen molar-refractivity contribution in [3.63, 3.8) is 0 Å². The van der Waals surface area contributed by atoms with E-state index in [1.165, 1.54) is 0 Å². The van der Waals surface area contributed by atoms with Crippen molar-refractivity contribution >= 4 is 28.7 Å². The Morgan fingerprint density at radius 1 is 1.32 bits per heavy atom. The van der Waals surface area contributed by atoms with Gasteiger partial charge in [0, 0.05) is 30.6 Å². The van der Waals surface area contributed by atoms with E-state index in [4.69, 9.17) is 0 Å². The Balaban J connectivity index is 2.04. The lowest BCUT2D eigenvalue weighted by Crippen LogP contribution is -2.33. The van der Waals surface area contributed by atoms with Crippen molar-refractivity contribution in [2.24, 2.45) is 0 Å². The first-order valence-electron chi connectivity index (χ1n) is 7.80. The second-order valence-corrected chi connectivity index (χ2v) is 7.21. The van der Waals surface area contributed by atoms with Crippen LogP contribution in [0.5, 0.6) is 0 Å². The highest BCUT2D eigenvalue weighted by Crippen LogP contribution is 2.23. The summed E-state index contributed by atoms with van der Waals surface area (Å²) in [5.74, 6) is 2.27. The third-order valence-corrected chi connectivity index (χ3v) is 4.97. The Hall–Kier alpha value is -1.56. The summed E-state index contributed by atoms with van der Waals surface area (Å²) < 4.78 is 1.89. The molecule has 1 aliphatic heterocycles. The molecule has 5 nitrogen and oxygen atoms in total. The van der Waals surface area contributed by atoms with Gasteiger partial charge in [-0.1, -0.05) is 0 Å². The highest BCUT2D eigenvalue weighted by molar-refractivity contribution is 7.99. The van der Waals surface area contributed by atoms with E-state index in [2.05, 4.69) is 23.9 Å². The maximum Gasteiger partial charge on any atom is 0.254 e. The SMILES string of the molecule is Cc1cc(C(=O)N2CCCSCC2)c2cnn(C(C)C)c2n1. The van der Waals surface area contributed by atoms with Crippen LogP contribution < -0.4 is 0 Å². The summed E-state index contributed by atoms with van der Waals surface area (Å²) in [4.78, 5) is 19.5. The van der Waals surface area contributed by atoms with Crippen molar-refractivity contribution in [3.8, 4) is 0 Å². The van der Waals surface area contributed by atoms with Crippen molar-refractivity contribution in [1.29, 1.82) is 0 Å². The smallest absolute Gasteiger partial charge is 0.254 e. The minimum atomic E-state index is 0.112. The van der Waals surface area contributed by atoms with Gasteiger partial charge in [-0.25, -0.2) is 9.67 Å². The van der Waals surface area contributed by atoms with Crippen LogP contribution in [0.1, 0.15) is 42.4 Å². The van der Waals surface area contributed by atoms with Gasteiger partial charge in [0.1, 0.15) is 0 Å². The lowest BCUT2D eigenvalue weighted by Gasteiger charge is -2.20. The molecule has 0 N–H and O–H groups in total. The molecule has 1 fully saturated rings. The predicted molar refractivity (Wildman–Crippen MR) is 90.5 cm³/mol. The van der Waals surface area contributed by atoms with Crippen LogP contribution >= 0.6 is 11.8 Å². The van der Waals surface area contributed by atoms with Crippen molar-refractivity contribution in [2.75, 3.05) is 24.6 Å². The lowest BCUT2D eigenvalue weighted by molar-refractivity contribution is 0.0770. The minimum absolute atomic E-state index is 0.112. The van der Waals surface area contributed by atoms with Gasteiger partial charge in [0.15, 0.2) is 5.65 Å². The zero-order valence-corrected chi connectivity index (χ0v) is 14.2. The number of fused-ring (bicyclic) bond motifs is 1. The Morgan fingerprint density at radius 2 is 2.14 bits per heavy atom. The van der Waals surface area contributed by atoms with Crippen LogP contribution in [0.15, 0.2) is 12.3 Å². The molecule has 0 aromatic carbocycles. The largest absolute Gasteiger partial charge is 0.338 e. The van der Waals surface area contributed by atoms with Crippen LogP contribution in [0.3, 0.4) is 0 Å². The number of aryl methyl sites for hydroxylation is 1. The summed E-state index contributed by atoms with van der Waals surface area (Å²) in [7, 11) is 0. The molecule has 1 aliphatic rings. The lowest BCUT2D eigenvalue weighted by atomic mass is 10.1. The van der Waals surface area contributed by atoms with Crippen molar-refractivity contribution in [3.05, 3.63) is 23.5 Å². The number of rotatable bonds is 2. The van der Waals surface area contributed by atoms with Gasteiger partial charge in [0.25, 0.3) is 5.91 Å². The monoisotopic (exact) mass is 318 g/mol. The van der Waals surface area contributed by atoms with E-state index >= 15 is 0 Å². The van der Waals surface area contributed by atoms with Crippen LogP contribution in [-0.4, -0.2) is 50.2 Å². The predicted octanol–water partition coefficient (Wildman–Crippen LogP) is 2.90. The van der Waals surface area contributed by atoms with E-state index in [0.29, 0.717) is 0 Å². The molecule has 0 atom stereocenters. The number of aromatic nitrogens is 3. The van der Waals surface area contributed by atoms with E-state index in [1.54, 1.807) is 6.20 Å². The Bertz CT molecular complexity index is 687. The maximum atomic E-state index is 12.9. The molecular formula is C16H22N4OS. The van der Waals surface area contributed by atoms with Crippen LogP contribution in [0.4, 0.5) is 0 Å². The minimum Gasteiger partial charge on any atom is -0.338 e. The number of carbonyl (C=O) groups is 1. The molecule has 2 aromatic rings. The number of amides is 1. The molecule has 0 unspecified atom stereocenters. The molecule has 3 rings (SSSR count). The topological polar surface area (TPSA) is 51.0 Å². The second-order valence-electron chi connectivity index (χ2n) is 5.99. The average molecular weight is 318 g/mol. The fourth-order valence-corrected chi connectivity index (χ4v) is 3.70. The van der Waals surface area contributed by atoms with Gasteiger partial charge in [0.05, 0.1) is 17.1 Å². The standard InChI is InChI=1S/C16H22N4OS/c1-11(2)20-15-14(10-17-20)13(9-12(3)18-15)16(21)19-5-4-7-22-8-6-19/h9-11H,4-8H2,1-3H3. The van der Waals surface area contributed by atoms with E-state index < -0.39 is 0 Å². The maximum absolute atomic E-state index is 12.9. The summed E-state index contributed by atoms with van der Waals surface area (Å²) in [5, 5.41) is 5.28. The average Bonchev–Trinajstić information content (AvgIpc) is 2.72. The number of thioether (sulfide) groups is 1. The highest BCUT2D eigenvalue weighted by atomic mass is 32.2. The Kier molecular flexibility index (Phi) is 4.38. The van der Waals surface area contributed by atoms with Gasteiger partial charge in [-0.2, -0.15) is 16.9 Å². The summed E-state index contributed by atoms with van der Waals surface area (Å²) in [6.07, 6.45) is 2.84. The number of carbonyl (C=O) groups excluding carboxylic acids is 1. The molecule has 22 heavy (non-hydrogen) atoms. The van der Waals surface area contributed by atoms with Gasteiger partial charge in [0.2, 0.25) is 0 Å². The molecule has 118 valence electrons. The Morgan fingerprint density at radius 3 is 2.91 bits per heavy atom. The van der Waals surface area contributed by atoms with Gasteiger partial charge >= 0.3 is 0 Å². The summed E-state index contributed by atoms with van der Waals surface area (Å²) in [6.45, 7) is 7.75. The molecule has 0 spiro atoms. The van der Waals surface area contributed by atoms with Crippen LogP contribution in [-0.2, 0) is 0 Å². The van der Waals surface area contributed by atoms with Gasteiger partial charge < -0.3 is 4.90 Å². The van der Waals surface area contributed by atoms with E-state index in [0.717, 1.165) is 53.3 Å². The molecule has 0 bridgehead atoms. The molecule has 2 aromatic heterocycles. The molecular weight excluding hydrogens is 296 g/mol. The first-order chi connectivity index (χ1) is 10.6. The quantitative estimate of drug-likeness (QED) is 0.854. The molecule has 1 amide bonds. The fourth-order valence-electron chi connectivity index (χ4n) is 2.82. The fraction of sp³-hybridized carbons (Fsp3) is 0.562. The molecule has 0 saturated carbocycles. The molecule has 0 radical (unpaired) electrons. The van der Waals surface area contributed by atoms with E-state index in [9.17, 15) is 4.79 Å². The van der Waals surface area contributed by atoms with Crippen LogP contribution in [0.25, 0.3) is 11.0 Å². The first-order valence-corrected chi connectivity index (χ1v) is 8.95. The Labute approximate surface area is 135 Å². The second kappa shape index (κ2) is 6.28. The third kappa shape index (κ3) is 2.84. The number of hydrogen-bond donors (Lipinski definition) is 0. The molecule has 1 saturated heterocycles. The van der Waals surface area contributed by atoms with Gasteiger partial charge in [-0.05, 0) is 39.0 Å². The van der Waals surface area contributed by atoms with Gasteiger partial charge in [-0.3, -0.25) is 4.79 Å². The first kappa shape index (κ1) is 15.3. The van der Waals surface area contributed by atoms with E-state index in [1.807, 2.05) is 34.3 Å². The molecule has 3 heterocycles.